The van der Waals surface area contributed by atoms with Gasteiger partial charge in [0, 0.05) is 12.7 Å². The third kappa shape index (κ3) is 3.92. The molecule has 5 heteroatoms. The Labute approximate surface area is 89.6 Å². The lowest BCUT2D eigenvalue weighted by Crippen LogP contribution is -2.23. The van der Waals surface area contributed by atoms with Crippen LogP contribution in [0.4, 0.5) is 5.95 Å². The minimum atomic E-state index is 0.383. The Balaban J connectivity index is 2.47. The van der Waals surface area contributed by atoms with Gasteiger partial charge in [-0.1, -0.05) is 6.92 Å². The van der Waals surface area contributed by atoms with Gasteiger partial charge in [-0.15, -0.1) is 0 Å². The Morgan fingerprint density at radius 3 is 3.00 bits per heavy atom. The molecule has 0 radical (unpaired) electrons. The fourth-order valence-corrected chi connectivity index (χ4v) is 1.19. The van der Waals surface area contributed by atoms with Gasteiger partial charge in [0.1, 0.15) is 11.8 Å². The van der Waals surface area contributed by atoms with Gasteiger partial charge in [-0.2, -0.15) is 5.26 Å². The molecule has 0 saturated carbocycles. The van der Waals surface area contributed by atoms with Crippen molar-refractivity contribution in [3.8, 4) is 6.07 Å². The highest BCUT2D eigenvalue weighted by Gasteiger charge is 2.02. The molecular weight excluding hydrogens is 190 g/mol. The molecule has 1 rings (SSSR count). The van der Waals surface area contributed by atoms with E-state index >= 15 is 0 Å². The number of hydrogen-bond acceptors (Lipinski definition) is 5. The van der Waals surface area contributed by atoms with Crippen molar-refractivity contribution in [3.63, 3.8) is 0 Å². The van der Waals surface area contributed by atoms with Crippen LogP contribution in [0.1, 0.15) is 12.6 Å². The highest BCUT2D eigenvalue weighted by Crippen LogP contribution is 2.00. The van der Waals surface area contributed by atoms with Crippen molar-refractivity contribution in [1.82, 2.24) is 15.3 Å². The van der Waals surface area contributed by atoms with Crippen LogP contribution >= 0.6 is 0 Å². The topological polar surface area (TPSA) is 73.6 Å². The van der Waals surface area contributed by atoms with Crippen LogP contribution in [0.3, 0.4) is 0 Å². The number of nitrogens with zero attached hydrogens (tertiary/aromatic N) is 3. The van der Waals surface area contributed by atoms with Gasteiger partial charge in [0.25, 0.3) is 0 Å². The molecule has 0 aliphatic rings. The first-order valence-corrected chi connectivity index (χ1v) is 4.88. The van der Waals surface area contributed by atoms with Gasteiger partial charge in [-0.25, -0.2) is 9.97 Å². The highest BCUT2D eigenvalue weighted by molar-refractivity contribution is 5.29. The Morgan fingerprint density at radius 1 is 1.53 bits per heavy atom. The summed E-state index contributed by atoms with van der Waals surface area (Å²) in [6, 6.07) is 3.56. The van der Waals surface area contributed by atoms with E-state index < -0.39 is 0 Å². The third-order valence-corrected chi connectivity index (χ3v) is 1.93. The van der Waals surface area contributed by atoms with E-state index in [1.165, 1.54) is 0 Å². The quantitative estimate of drug-likeness (QED) is 0.737. The molecule has 1 heterocycles. The van der Waals surface area contributed by atoms with Crippen molar-refractivity contribution in [2.24, 2.45) is 5.92 Å². The van der Waals surface area contributed by atoms with Crippen molar-refractivity contribution in [1.29, 1.82) is 5.26 Å². The number of hydrogen-bond donors (Lipinski definition) is 2. The third-order valence-electron chi connectivity index (χ3n) is 1.93. The molecule has 0 saturated heterocycles. The van der Waals surface area contributed by atoms with Gasteiger partial charge >= 0.3 is 0 Å². The Hall–Kier alpha value is -1.67. The molecule has 2 N–H and O–H groups in total. The van der Waals surface area contributed by atoms with Crippen molar-refractivity contribution in [3.05, 3.63) is 18.0 Å². The molecular formula is C10H15N5. The SMILES string of the molecule is CNCC(C)CNc1nccc(C#N)n1. The van der Waals surface area contributed by atoms with E-state index in [0.29, 0.717) is 17.6 Å². The van der Waals surface area contributed by atoms with E-state index in [1.54, 1.807) is 12.3 Å². The Morgan fingerprint density at radius 2 is 2.33 bits per heavy atom. The van der Waals surface area contributed by atoms with Crippen molar-refractivity contribution in [2.75, 3.05) is 25.5 Å². The van der Waals surface area contributed by atoms with Crippen molar-refractivity contribution in [2.45, 2.75) is 6.92 Å². The van der Waals surface area contributed by atoms with E-state index in [2.05, 4.69) is 27.5 Å². The number of aromatic nitrogens is 2. The molecule has 1 aromatic rings. The largest absolute Gasteiger partial charge is 0.354 e. The van der Waals surface area contributed by atoms with Crippen LogP contribution in [-0.2, 0) is 0 Å². The lowest BCUT2D eigenvalue weighted by atomic mass is 10.2. The standard InChI is InChI=1S/C10H15N5/c1-8(6-12-2)7-14-10-13-4-3-9(5-11)15-10/h3-4,8,12H,6-7H2,1-2H3,(H,13,14,15). The molecule has 80 valence electrons. The smallest absolute Gasteiger partial charge is 0.223 e. The zero-order chi connectivity index (χ0) is 11.1. The fourth-order valence-electron chi connectivity index (χ4n) is 1.19. The molecule has 0 bridgehead atoms. The van der Waals surface area contributed by atoms with Gasteiger partial charge < -0.3 is 10.6 Å². The van der Waals surface area contributed by atoms with Crippen LogP contribution < -0.4 is 10.6 Å². The second-order valence-corrected chi connectivity index (χ2v) is 3.42. The van der Waals surface area contributed by atoms with Crippen LogP contribution in [0.15, 0.2) is 12.3 Å². The van der Waals surface area contributed by atoms with Crippen LogP contribution in [0.2, 0.25) is 0 Å². The summed E-state index contributed by atoms with van der Waals surface area (Å²) < 4.78 is 0. The van der Waals surface area contributed by atoms with E-state index in [-0.39, 0.29) is 0 Å². The van der Waals surface area contributed by atoms with Crippen molar-refractivity contribution < 1.29 is 0 Å². The summed E-state index contributed by atoms with van der Waals surface area (Å²) in [6.07, 6.45) is 1.58. The lowest BCUT2D eigenvalue weighted by molar-refractivity contribution is 0.568. The summed E-state index contributed by atoms with van der Waals surface area (Å²) in [6.45, 7) is 3.85. The van der Waals surface area contributed by atoms with Crippen LogP contribution in [-0.4, -0.2) is 30.1 Å². The van der Waals surface area contributed by atoms with Gasteiger partial charge in [0.05, 0.1) is 0 Å². The normalized spacial score (nSPS) is 11.8. The average molecular weight is 205 g/mol. The Kier molecular flexibility index (Phi) is 4.51. The van der Waals surface area contributed by atoms with Crippen LogP contribution in [0.5, 0.6) is 0 Å². The monoisotopic (exact) mass is 205 g/mol. The van der Waals surface area contributed by atoms with Crippen LogP contribution in [0, 0.1) is 17.2 Å². The maximum atomic E-state index is 8.65. The summed E-state index contributed by atoms with van der Waals surface area (Å²) in [7, 11) is 1.92. The maximum Gasteiger partial charge on any atom is 0.223 e. The van der Waals surface area contributed by atoms with Gasteiger partial charge in [-0.3, -0.25) is 0 Å². The second kappa shape index (κ2) is 5.94. The highest BCUT2D eigenvalue weighted by atomic mass is 15.1. The van der Waals surface area contributed by atoms with Crippen molar-refractivity contribution >= 4 is 5.95 Å². The van der Waals surface area contributed by atoms with Crippen LogP contribution in [0.25, 0.3) is 0 Å². The molecule has 1 aromatic heterocycles. The number of rotatable bonds is 5. The summed E-state index contributed by atoms with van der Waals surface area (Å²) in [5.74, 6) is 1.00. The molecule has 1 atom stereocenters. The molecule has 0 aromatic carbocycles. The van der Waals surface area contributed by atoms with E-state index in [1.807, 2.05) is 13.1 Å². The molecule has 15 heavy (non-hydrogen) atoms. The predicted molar refractivity (Wildman–Crippen MR) is 58.3 cm³/mol. The molecule has 0 fully saturated rings. The van der Waals surface area contributed by atoms with E-state index in [9.17, 15) is 0 Å². The van der Waals surface area contributed by atoms with Gasteiger partial charge in [-0.05, 0) is 25.6 Å². The average Bonchev–Trinajstić information content (AvgIpc) is 2.27. The molecule has 1 unspecified atom stereocenters. The molecule has 0 amide bonds. The van der Waals surface area contributed by atoms with Gasteiger partial charge in [0.15, 0.2) is 0 Å². The number of nitrogens with one attached hydrogen (secondary N) is 2. The van der Waals surface area contributed by atoms with E-state index in [0.717, 1.165) is 13.1 Å². The first kappa shape index (κ1) is 11.4. The minimum absolute atomic E-state index is 0.383. The Bertz CT molecular complexity index is 344. The fraction of sp³-hybridized carbons (Fsp3) is 0.500. The first-order chi connectivity index (χ1) is 7.26. The number of anilines is 1. The predicted octanol–water partition coefficient (Wildman–Crippen LogP) is 0.616. The first-order valence-electron chi connectivity index (χ1n) is 4.88. The molecule has 0 aliphatic carbocycles. The zero-order valence-electron chi connectivity index (χ0n) is 8.99. The molecule has 0 spiro atoms. The second-order valence-electron chi connectivity index (χ2n) is 3.42. The minimum Gasteiger partial charge on any atom is -0.354 e. The zero-order valence-corrected chi connectivity index (χ0v) is 8.99. The summed E-state index contributed by atoms with van der Waals surface area (Å²) in [4.78, 5) is 8.05. The summed E-state index contributed by atoms with van der Waals surface area (Å²) in [5, 5.41) is 14.8. The number of nitriles is 1. The van der Waals surface area contributed by atoms with Gasteiger partial charge in [0.2, 0.25) is 5.95 Å². The van der Waals surface area contributed by atoms with E-state index in [4.69, 9.17) is 5.26 Å². The molecule has 0 aliphatic heterocycles. The summed E-state index contributed by atoms with van der Waals surface area (Å²) >= 11 is 0. The molecule has 5 nitrogen and oxygen atoms in total. The maximum absolute atomic E-state index is 8.65. The lowest BCUT2D eigenvalue weighted by Gasteiger charge is -2.11. The summed E-state index contributed by atoms with van der Waals surface area (Å²) in [5.41, 5.74) is 0.383.